The summed E-state index contributed by atoms with van der Waals surface area (Å²) >= 11 is 8.33. The molecule has 9 heteroatoms. The molecule has 6 nitrogen and oxygen atoms in total. The highest BCUT2D eigenvalue weighted by Crippen LogP contribution is 2.29. The van der Waals surface area contributed by atoms with Crippen molar-refractivity contribution in [2.75, 3.05) is 22.6 Å². The zero-order valence-electron chi connectivity index (χ0n) is 20.8. The summed E-state index contributed by atoms with van der Waals surface area (Å²) in [5.41, 5.74) is 4.75. The van der Waals surface area contributed by atoms with Crippen molar-refractivity contribution in [1.82, 2.24) is 4.98 Å². The summed E-state index contributed by atoms with van der Waals surface area (Å²) in [6.07, 6.45) is 0. The van der Waals surface area contributed by atoms with Crippen molar-refractivity contribution in [1.29, 1.82) is 0 Å². The summed E-state index contributed by atoms with van der Waals surface area (Å²) < 4.78 is 5.49. The summed E-state index contributed by atoms with van der Waals surface area (Å²) in [7, 11) is 0. The van der Waals surface area contributed by atoms with Crippen LogP contribution in [0.3, 0.4) is 0 Å². The highest BCUT2D eigenvalue weighted by atomic mass is 32.2. The van der Waals surface area contributed by atoms with E-state index in [9.17, 15) is 4.79 Å². The Labute approximate surface area is 230 Å². The van der Waals surface area contributed by atoms with Crippen LogP contribution < -0.4 is 20.7 Å². The Morgan fingerprint density at radius 3 is 2.49 bits per heavy atom. The molecule has 0 saturated heterocycles. The minimum absolute atomic E-state index is 0.104. The first-order valence-corrected chi connectivity index (χ1v) is 14.0. The van der Waals surface area contributed by atoms with E-state index in [1.54, 1.807) is 0 Å². The fourth-order valence-electron chi connectivity index (χ4n) is 3.39. The first kappa shape index (κ1) is 26.7. The molecule has 1 heterocycles. The largest absolute Gasteiger partial charge is 0.494 e. The summed E-state index contributed by atoms with van der Waals surface area (Å²) in [4.78, 5) is 18.4. The Morgan fingerprint density at radius 1 is 1.03 bits per heavy atom. The van der Waals surface area contributed by atoms with Crippen molar-refractivity contribution in [2.45, 2.75) is 30.9 Å². The molecular formula is C28H28N4O2S3. The summed E-state index contributed by atoms with van der Waals surface area (Å²) in [5, 5.41) is 12.0. The third-order valence-electron chi connectivity index (χ3n) is 5.28. The third-order valence-corrected chi connectivity index (χ3v) is 7.33. The number of hydrogen-bond donors (Lipinski definition) is 3. The molecule has 37 heavy (non-hydrogen) atoms. The number of nitrogens with one attached hydrogen (secondary N) is 3. The second-order valence-electron chi connectivity index (χ2n) is 8.22. The zero-order chi connectivity index (χ0) is 26.2. The molecule has 0 bridgehead atoms. The number of aromatic nitrogens is 1. The molecule has 0 radical (unpaired) electrons. The van der Waals surface area contributed by atoms with Crippen LogP contribution in [0.2, 0.25) is 0 Å². The SMILES string of the molecule is CCOc1ccc(-c2csc(NC(=O)C(C)Sc3cccc(NC(=S)Nc4ccc(C)cc4)c3)n2)cc1. The zero-order valence-corrected chi connectivity index (χ0v) is 23.2. The van der Waals surface area contributed by atoms with Crippen molar-refractivity contribution in [3.63, 3.8) is 0 Å². The van der Waals surface area contributed by atoms with Gasteiger partial charge in [-0.25, -0.2) is 4.98 Å². The van der Waals surface area contributed by atoms with E-state index >= 15 is 0 Å². The topological polar surface area (TPSA) is 75.3 Å². The van der Waals surface area contributed by atoms with Crippen LogP contribution in [-0.2, 0) is 4.79 Å². The van der Waals surface area contributed by atoms with Gasteiger partial charge in [0.25, 0.3) is 0 Å². The number of amides is 1. The molecule has 1 amide bonds. The molecule has 3 N–H and O–H groups in total. The van der Waals surface area contributed by atoms with Crippen molar-refractivity contribution >= 4 is 62.8 Å². The van der Waals surface area contributed by atoms with Gasteiger partial charge in [0.15, 0.2) is 10.2 Å². The molecule has 0 fully saturated rings. The van der Waals surface area contributed by atoms with Crippen LogP contribution in [0.15, 0.2) is 83.1 Å². The van der Waals surface area contributed by atoms with Crippen molar-refractivity contribution in [3.8, 4) is 17.0 Å². The molecule has 0 spiro atoms. The Hall–Kier alpha value is -3.40. The Balaban J connectivity index is 1.31. The van der Waals surface area contributed by atoms with Crippen LogP contribution in [0.1, 0.15) is 19.4 Å². The fourth-order valence-corrected chi connectivity index (χ4v) is 5.28. The molecule has 4 rings (SSSR count). The highest BCUT2D eigenvalue weighted by Gasteiger charge is 2.17. The van der Waals surface area contributed by atoms with Crippen LogP contribution >= 0.6 is 35.3 Å². The minimum Gasteiger partial charge on any atom is -0.494 e. The predicted octanol–water partition coefficient (Wildman–Crippen LogP) is 7.45. The van der Waals surface area contributed by atoms with Gasteiger partial charge in [-0.15, -0.1) is 23.1 Å². The van der Waals surface area contributed by atoms with E-state index < -0.39 is 0 Å². The van der Waals surface area contributed by atoms with E-state index in [1.807, 2.05) is 98.9 Å². The van der Waals surface area contributed by atoms with Crippen LogP contribution in [0.25, 0.3) is 11.3 Å². The number of carbonyl (C=O) groups is 1. The molecular weight excluding hydrogens is 521 g/mol. The summed E-state index contributed by atoms with van der Waals surface area (Å²) in [5.74, 6) is 0.719. The van der Waals surface area contributed by atoms with Crippen LogP contribution in [-0.4, -0.2) is 27.9 Å². The van der Waals surface area contributed by atoms with Gasteiger partial charge < -0.3 is 20.7 Å². The lowest BCUT2D eigenvalue weighted by Crippen LogP contribution is -2.22. The molecule has 190 valence electrons. The summed E-state index contributed by atoms with van der Waals surface area (Å²) in [6, 6.07) is 23.6. The lowest BCUT2D eigenvalue weighted by atomic mass is 10.2. The maximum Gasteiger partial charge on any atom is 0.239 e. The second-order valence-corrected chi connectivity index (χ2v) is 10.9. The number of hydrogen-bond acceptors (Lipinski definition) is 6. The molecule has 0 aliphatic rings. The van der Waals surface area contributed by atoms with E-state index in [-0.39, 0.29) is 11.2 Å². The quantitative estimate of drug-likeness (QED) is 0.148. The number of thiocarbonyl (C=S) groups is 1. The highest BCUT2D eigenvalue weighted by molar-refractivity contribution is 8.00. The van der Waals surface area contributed by atoms with Gasteiger partial charge in [-0.3, -0.25) is 4.79 Å². The normalized spacial score (nSPS) is 11.4. The standard InChI is InChI=1S/C28H28N4O2S3/c1-4-34-23-14-10-20(11-15-23)25-17-36-28(31-25)32-26(33)19(3)37-24-7-5-6-22(16-24)30-27(35)29-21-12-8-18(2)9-13-21/h5-17,19H,4H2,1-3H3,(H2,29,30,35)(H,31,32,33). The van der Waals surface area contributed by atoms with E-state index in [4.69, 9.17) is 17.0 Å². The molecule has 0 saturated carbocycles. The number of thioether (sulfide) groups is 1. The Kier molecular flexibility index (Phi) is 9.16. The van der Waals surface area contributed by atoms with Crippen molar-refractivity contribution < 1.29 is 9.53 Å². The Morgan fingerprint density at radius 2 is 1.76 bits per heavy atom. The average Bonchev–Trinajstić information content (AvgIpc) is 3.34. The smallest absolute Gasteiger partial charge is 0.239 e. The van der Waals surface area contributed by atoms with Gasteiger partial charge in [0.2, 0.25) is 5.91 Å². The minimum atomic E-state index is -0.314. The van der Waals surface area contributed by atoms with Gasteiger partial charge in [-0.05, 0) is 87.6 Å². The maximum atomic E-state index is 12.8. The fraction of sp³-hybridized carbons (Fsp3) is 0.179. The molecule has 0 aliphatic carbocycles. The number of ether oxygens (including phenoxy) is 1. The first-order chi connectivity index (χ1) is 17.9. The lowest BCUT2D eigenvalue weighted by Gasteiger charge is -2.13. The van der Waals surface area contributed by atoms with E-state index in [2.05, 4.69) is 20.9 Å². The number of rotatable bonds is 9. The van der Waals surface area contributed by atoms with Gasteiger partial charge in [0, 0.05) is 27.2 Å². The van der Waals surface area contributed by atoms with E-state index in [0.717, 1.165) is 33.3 Å². The number of nitrogens with zero attached hydrogens (tertiary/aromatic N) is 1. The Bertz CT molecular complexity index is 1350. The molecule has 4 aromatic rings. The van der Waals surface area contributed by atoms with Crippen LogP contribution in [0.5, 0.6) is 5.75 Å². The average molecular weight is 549 g/mol. The van der Waals surface area contributed by atoms with E-state index in [0.29, 0.717) is 16.9 Å². The third kappa shape index (κ3) is 7.79. The van der Waals surface area contributed by atoms with Gasteiger partial charge in [0.05, 0.1) is 17.6 Å². The van der Waals surface area contributed by atoms with Crippen LogP contribution in [0, 0.1) is 6.92 Å². The summed E-state index contributed by atoms with van der Waals surface area (Å²) in [6.45, 7) is 6.51. The molecule has 0 aliphatic heterocycles. The monoisotopic (exact) mass is 548 g/mol. The number of aryl methyl sites for hydroxylation is 1. The molecule has 3 aromatic carbocycles. The van der Waals surface area contributed by atoms with Gasteiger partial charge in [-0.2, -0.15) is 0 Å². The molecule has 1 atom stereocenters. The van der Waals surface area contributed by atoms with Crippen molar-refractivity contribution in [2.24, 2.45) is 0 Å². The number of benzene rings is 3. The first-order valence-electron chi connectivity index (χ1n) is 11.8. The molecule has 1 aromatic heterocycles. The number of thiazole rings is 1. The maximum absolute atomic E-state index is 12.8. The van der Waals surface area contributed by atoms with E-state index in [1.165, 1.54) is 28.7 Å². The van der Waals surface area contributed by atoms with Crippen molar-refractivity contribution in [3.05, 3.63) is 83.7 Å². The number of anilines is 3. The molecule has 1 unspecified atom stereocenters. The van der Waals surface area contributed by atoms with Gasteiger partial charge in [0.1, 0.15) is 5.75 Å². The van der Waals surface area contributed by atoms with Crippen LogP contribution in [0.4, 0.5) is 16.5 Å². The number of carbonyl (C=O) groups excluding carboxylic acids is 1. The second kappa shape index (κ2) is 12.7. The van der Waals surface area contributed by atoms with Gasteiger partial charge in [-0.1, -0.05) is 23.8 Å². The van der Waals surface area contributed by atoms with Gasteiger partial charge >= 0.3 is 0 Å². The lowest BCUT2D eigenvalue weighted by molar-refractivity contribution is -0.115. The predicted molar refractivity (Wildman–Crippen MR) is 160 cm³/mol.